The fourth-order valence-corrected chi connectivity index (χ4v) is 3.35. The molecule has 0 heterocycles. The van der Waals surface area contributed by atoms with Gasteiger partial charge in [-0.1, -0.05) is 38.8 Å². The molecule has 0 saturated carbocycles. The highest BCUT2D eigenvalue weighted by atomic mass is 32.2. The van der Waals surface area contributed by atoms with E-state index >= 15 is 0 Å². The zero-order valence-electron chi connectivity index (χ0n) is 11.9. The molecule has 0 aliphatic rings. The van der Waals surface area contributed by atoms with E-state index in [9.17, 15) is 8.42 Å². The van der Waals surface area contributed by atoms with Crippen molar-refractivity contribution in [3.05, 3.63) is 29.3 Å². The molecule has 0 bridgehead atoms. The number of hydrogen-bond donors (Lipinski definition) is 2. The molecule has 3 N–H and O–H groups in total. The molecule has 108 valence electrons. The number of benzene rings is 1. The zero-order chi connectivity index (χ0) is 14.5. The highest BCUT2D eigenvalue weighted by Gasteiger charge is 2.18. The summed E-state index contributed by atoms with van der Waals surface area (Å²) in [6.45, 7) is 6.77. The molecular formula is C14H24N2O2S. The zero-order valence-corrected chi connectivity index (χ0v) is 12.8. The molecule has 0 saturated heterocycles. The van der Waals surface area contributed by atoms with Gasteiger partial charge in [0.1, 0.15) is 0 Å². The molecule has 0 aromatic heterocycles. The Morgan fingerprint density at radius 1 is 1.26 bits per heavy atom. The van der Waals surface area contributed by atoms with Crippen molar-refractivity contribution in [2.24, 2.45) is 11.7 Å². The van der Waals surface area contributed by atoms with Crippen molar-refractivity contribution in [3.8, 4) is 0 Å². The van der Waals surface area contributed by atoms with E-state index in [1.54, 1.807) is 19.1 Å². The maximum Gasteiger partial charge on any atom is 0.240 e. The van der Waals surface area contributed by atoms with Crippen LogP contribution in [0.4, 0.5) is 0 Å². The second kappa shape index (κ2) is 7.03. The van der Waals surface area contributed by atoms with Crippen LogP contribution in [0.3, 0.4) is 0 Å². The molecule has 4 nitrogen and oxygen atoms in total. The fraction of sp³-hybridized carbons (Fsp3) is 0.571. The van der Waals surface area contributed by atoms with Gasteiger partial charge in [-0.15, -0.1) is 0 Å². The fourth-order valence-electron chi connectivity index (χ4n) is 1.94. The van der Waals surface area contributed by atoms with Crippen molar-refractivity contribution in [3.63, 3.8) is 0 Å². The topological polar surface area (TPSA) is 72.2 Å². The lowest BCUT2D eigenvalue weighted by Crippen LogP contribution is -2.29. The van der Waals surface area contributed by atoms with E-state index in [2.05, 4.69) is 18.6 Å². The summed E-state index contributed by atoms with van der Waals surface area (Å²) in [4.78, 5) is 0.335. The van der Waals surface area contributed by atoms with Gasteiger partial charge >= 0.3 is 0 Å². The number of sulfonamides is 1. The Bertz CT molecular complexity index is 508. The quantitative estimate of drug-likeness (QED) is 0.806. The minimum absolute atomic E-state index is 0.335. The first kappa shape index (κ1) is 16.1. The van der Waals surface area contributed by atoms with Crippen molar-refractivity contribution < 1.29 is 8.42 Å². The predicted octanol–water partition coefficient (Wildman–Crippen LogP) is 2.17. The van der Waals surface area contributed by atoms with Gasteiger partial charge in [-0.25, -0.2) is 13.1 Å². The van der Waals surface area contributed by atoms with Crippen LogP contribution < -0.4 is 10.5 Å². The third-order valence-corrected chi connectivity index (χ3v) is 5.06. The van der Waals surface area contributed by atoms with Crippen LogP contribution in [0, 0.1) is 12.8 Å². The molecule has 0 fully saturated rings. The molecule has 19 heavy (non-hydrogen) atoms. The monoisotopic (exact) mass is 284 g/mol. The van der Waals surface area contributed by atoms with Crippen LogP contribution in [-0.2, 0) is 16.6 Å². The average Bonchev–Trinajstić information content (AvgIpc) is 2.40. The maximum absolute atomic E-state index is 12.3. The molecule has 1 rings (SSSR count). The van der Waals surface area contributed by atoms with Crippen molar-refractivity contribution in [2.45, 2.75) is 45.1 Å². The van der Waals surface area contributed by atoms with Crippen LogP contribution in [0.5, 0.6) is 0 Å². The summed E-state index contributed by atoms with van der Waals surface area (Å²) < 4.78 is 27.3. The summed E-state index contributed by atoms with van der Waals surface area (Å²) >= 11 is 0. The summed E-state index contributed by atoms with van der Waals surface area (Å²) in [5, 5.41) is 0. The highest BCUT2D eigenvalue weighted by molar-refractivity contribution is 7.89. The van der Waals surface area contributed by atoms with E-state index in [0.29, 0.717) is 23.9 Å². The summed E-state index contributed by atoms with van der Waals surface area (Å²) in [6.07, 6.45) is 1.95. The molecule has 0 spiro atoms. The Morgan fingerprint density at radius 2 is 1.89 bits per heavy atom. The molecule has 1 aromatic rings. The molecule has 0 amide bonds. The largest absolute Gasteiger partial charge is 0.326 e. The maximum atomic E-state index is 12.3. The molecule has 0 unspecified atom stereocenters. The molecule has 0 aliphatic heterocycles. The lowest BCUT2D eigenvalue weighted by molar-refractivity contribution is 0.478. The van der Waals surface area contributed by atoms with Crippen molar-refractivity contribution in [1.82, 2.24) is 4.72 Å². The standard InChI is InChI=1S/C14H24N2O2S/c1-4-12(5-2)10-16-19(17,18)14-8-13(9-15)7-6-11(14)3/h6-8,12,16H,4-5,9-10,15H2,1-3H3. The van der Waals surface area contributed by atoms with E-state index in [1.807, 2.05) is 6.07 Å². The number of rotatable bonds is 7. The summed E-state index contributed by atoms with van der Waals surface area (Å²) in [7, 11) is -3.44. The first-order valence-corrected chi connectivity index (χ1v) is 8.22. The van der Waals surface area contributed by atoms with Gasteiger partial charge in [0.15, 0.2) is 0 Å². The minimum atomic E-state index is -3.44. The Hall–Kier alpha value is -0.910. The van der Waals surface area contributed by atoms with Gasteiger partial charge in [0.05, 0.1) is 4.90 Å². The first-order chi connectivity index (χ1) is 8.94. The molecular weight excluding hydrogens is 260 g/mol. The number of nitrogens with two attached hydrogens (primary N) is 1. The number of aryl methyl sites for hydroxylation is 1. The van der Waals surface area contributed by atoms with E-state index < -0.39 is 10.0 Å². The normalized spacial score (nSPS) is 12.1. The Balaban J connectivity index is 2.93. The lowest BCUT2D eigenvalue weighted by atomic mass is 10.0. The third-order valence-electron chi connectivity index (χ3n) is 3.49. The predicted molar refractivity (Wildman–Crippen MR) is 78.3 cm³/mol. The smallest absolute Gasteiger partial charge is 0.240 e. The van der Waals surface area contributed by atoms with Crippen LogP contribution in [-0.4, -0.2) is 15.0 Å². The molecule has 0 radical (unpaired) electrons. The van der Waals surface area contributed by atoms with Crippen molar-refractivity contribution >= 4 is 10.0 Å². The van der Waals surface area contributed by atoms with Crippen LogP contribution in [0.2, 0.25) is 0 Å². The van der Waals surface area contributed by atoms with Gasteiger partial charge < -0.3 is 5.73 Å². The highest BCUT2D eigenvalue weighted by Crippen LogP contribution is 2.17. The summed E-state index contributed by atoms with van der Waals surface area (Å²) in [6, 6.07) is 5.31. The first-order valence-electron chi connectivity index (χ1n) is 6.73. The van der Waals surface area contributed by atoms with E-state index in [4.69, 9.17) is 5.73 Å². The molecule has 0 atom stereocenters. The summed E-state index contributed by atoms with van der Waals surface area (Å²) in [5.74, 6) is 0.382. The second-order valence-corrected chi connectivity index (χ2v) is 6.57. The van der Waals surface area contributed by atoms with Gasteiger partial charge in [0, 0.05) is 13.1 Å². The average molecular weight is 284 g/mol. The third kappa shape index (κ3) is 4.30. The van der Waals surface area contributed by atoms with Crippen LogP contribution in [0.1, 0.15) is 37.8 Å². The van der Waals surface area contributed by atoms with Crippen molar-refractivity contribution in [1.29, 1.82) is 0 Å². The van der Waals surface area contributed by atoms with Crippen molar-refractivity contribution in [2.75, 3.05) is 6.54 Å². The Labute approximate surface area is 116 Å². The van der Waals surface area contributed by atoms with Gasteiger partial charge in [-0.2, -0.15) is 0 Å². The second-order valence-electron chi connectivity index (χ2n) is 4.84. The Morgan fingerprint density at radius 3 is 2.42 bits per heavy atom. The van der Waals surface area contributed by atoms with Gasteiger partial charge in [-0.3, -0.25) is 0 Å². The lowest BCUT2D eigenvalue weighted by Gasteiger charge is -2.15. The van der Waals surface area contributed by atoms with E-state index in [-0.39, 0.29) is 0 Å². The van der Waals surface area contributed by atoms with Gasteiger partial charge in [-0.05, 0) is 30.0 Å². The number of hydrogen-bond acceptors (Lipinski definition) is 3. The number of nitrogens with one attached hydrogen (secondary N) is 1. The van der Waals surface area contributed by atoms with Gasteiger partial charge in [0.25, 0.3) is 0 Å². The van der Waals surface area contributed by atoms with Crippen LogP contribution in [0.25, 0.3) is 0 Å². The molecule has 0 aliphatic carbocycles. The Kier molecular flexibility index (Phi) is 5.97. The molecule has 1 aromatic carbocycles. The van der Waals surface area contributed by atoms with Crippen LogP contribution in [0.15, 0.2) is 23.1 Å². The van der Waals surface area contributed by atoms with E-state index in [1.165, 1.54) is 0 Å². The molecule has 5 heteroatoms. The van der Waals surface area contributed by atoms with Gasteiger partial charge in [0.2, 0.25) is 10.0 Å². The van der Waals surface area contributed by atoms with E-state index in [0.717, 1.165) is 24.0 Å². The minimum Gasteiger partial charge on any atom is -0.326 e. The van der Waals surface area contributed by atoms with Crippen LogP contribution >= 0.6 is 0 Å². The summed E-state index contributed by atoms with van der Waals surface area (Å²) in [5.41, 5.74) is 7.13. The SMILES string of the molecule is CCC(CC)CNS(=O)(=O)c1cc(CN)ccc1C.